The van der Waals surface area contributed by atoms with Crippen LogP contribution in [0.1, 0.15) is 36.5 Å². The topological polar surface area (TPSA) is 20.3 Å². The third kappa shape index (κ3) is 5.09. The Labute approximate surface area is 122 Å². The van der Waals surface area contributed by atoms with Crippen molar-refractivity contribution in [2.24, 2.45) is 0 Å². The molecule has 1 aromatic carbocycles. The zero-order valence-electron chi connectivity index (χ0n) is 10.9. The van der Waals surface area contributed by atoms with E-state index in [9.17, 15) is 4.79 Å². The lowest BCUT2D eigenvalue weighted by atomic mass is 10.1. The zero-order chi connectivity index (χ0) is 13.5. The largest absolute Gasteiger partial charge is 0.306 e. The van der Waals surface area contributed by atoms with E-state index in [1.807, 2.05) is 13.1 Å². The third-order valence-corrected chi connectivity index (χ3v) is 3.65. The number of ketones is 1. The highest BCUT2D eigenvalue weighted by Gasteiger charge is 2.11. The maximum absolute atomic E-state index is 12.0. The van der Waals surface area contributed by atoms with Crippen LogP contribution in [0.2, 0.25) is 5.02 Å². The van der Waals surface area contributed by atoms with Gasteiger partial charge in [0.15, 0.2) is 5.78 Å². The summed E-state index contributed by atoms with van der Waals surface area (Å²) in [5.41, 5.74) is 0.615. The Morgan fingerprint density at radius 1 is 1.39 bits per heavy atom. The Bertz CT molecular complexity index is 409. The van der Waals surface area contributed by atoms with Gasteiger partial charge >= 0.3 is 0 Å². The van der Waals surface area contributed by atoms with Crippen molar-refractivity contribution in [3.8, 4) is 0 Å². The number of Topliss-reactive ketones (excluding diaryl/α,β-unsaturated/α-hetero) is 1. The smallest absolute Gasteiger partial charge is 0.165 e. The molecule has 100 valence electrons. The Morgan fingerprint density at radius 2 is 2.11 bits per heavy atom. The Balaban J connectivity index is 2.50. The third-order valence-electron chi connectivity index (χ3n) is 2.85. The van der Waals surface area contributed by atoms with Crippen molar-refractivity contribution in [1.29, 1.82) is 0 Å². The molecule has 0 saturated heterocycles. The number of halogens is 2. The van der Waals surface area contributed by atoms with E-state index in [4.69, 9.17) is 11.6 Å². The molecule has 0 saturated carbocycles. The fraction of sp³-hybridized carbons (Fsp3) is 0.500. The average molecular weight is 333 g/mol. The van der Waals surface area contributed by atoms with Crippen LogP contribution in [-0.2, 0) is 0 Å². The summed E-state index contributed by atoms with van der Waals surface area (Å²) in [5.74, 6) is 0.107. The first kappa shape index (κ1) is 15.7. The number of rotatable bonds is 7. The normalized spacial score (nSPS) is 10.9. The first-order valence-electron chi connectivity index (χ1n) is 6.21. The van der Waals surface area contributed by atoms with Crippen LogP contribution >= 0.6 is 27.5 Å². The molecule has 18 heavy (non-hydrogen) atoms. The quantitative estimate of drug-likeness (QED) is 0.689. The van der Waals surface area contributed by atoms with Crippen LogP contribution in [0, 0.1) is 0 Å². The highest BCUT2D eigenvalue weighted by Crippen LogP contribution is 2.22. The molecule has 0 aromatic heterocycles. The van der Waals surface area contributed by atoms with E-state index in [2.05, 4.69) is 27.8 Å². The molecule has 0 unspecified atom stereocenters. The summed E-state index contributed by atoms with van der Waals surface area (Å²) in [6.45, 7) is 3.99. The van der Waals surface area contributed by atoms with Gasteiger partial charge in [-0.05, 0) is 38.2 Å². The summed E-state index contributed by atoms with van der Waals surface area (Å²) in [7, 11) is 2.05. The molecule has 0 aliphatic carbocycles. The van der Waals surface area contributed by atoms with Crippen molar-refractivity contribution in [2.75, 3.05) is 20.1 Å². The van der Waals surface area contributed by atoms with Crippen molar-refractivity contribution in [3.63, 3.8) is 0 Å². The van der Waals surface area contributed by atoms with Gasteiger partial charge < -0.3 is 4.90 Å². The van der Waals surface area contributed by atoms with Crippen molar-refractivity contribution in [2.45, 2.75) is 26.2 Å². The lowest BCUT2D eigenvalue weighted by molar-refractivity contribution is 0.0969. The minimum atomic E-state index is 0.107. The molecule has 4 heteroatoms. The van der Waals surface area contributed by atoms with Gasteiger partial charge in [0.05, 0.1) is 5.02 Å². The van der Waals surface area contributed by atoms with E-state index < -0.39 is 0 Å². The highest BCUT2D eigenvalue weighted by atomic mass is 79.9. The fourth-order valence-corrected chi connectivity index (χ4v) is 2.46. The summed E-state index contributed by atoms with van der Waals surface area (Å²) in [6, 6.07) is 5.39. The molecule has 2 nitrogen and oxygen atoms in total. The number of carbonyl (C=O) groups excluding carboxylic acids is 1. The van der Waals surface area contributed by atoms with Crippen molar-refractivity contribution < 1.29 is 4.79 Å². The van der Waals surface area contributed by atoms with Crippen LogP contribution < -0.4 is 0 Å². The summed E-state index contributed by atoms with van der Waals surface area (Å²) < 4.78 is 0.893. The van der Waals surface area contributed by atoms with Crippen molar-refractivity contribution in [3.05, 3.63) is 33.3 Å². The molecule has 0 fully saturated rings. The molecule has 0 atom stereocenters. The lowest BCUT2D eigenvalue weighted by Crippen LogP contribution is -2.23. The van der Waals surface area contributed by atoms with Crippen molar-refractivity contribution in [1.82, 2.24) is 4.90 Å². The van der Waals surface area contributed by atoms with Crippen LogP contribution in [0.3, 0.4) is 0 Å². The van der Waals surface area contributed by atoms with Gasteiger partial charge in [-0.15, -0.1) is 0 Å². The van der Waals surface area contributed by atoms with E-state index in [0.29, 0.717) is 17.0 Å². The standard InChI is InChI=1S/C14H19BrClNO/c1-3-4-8-17(2)9-7-14(18)12-6-5-11(15)10-13(12)16/h5-6,10H,3-4,7-9H2,1-2H3. The van der Waals surface area contributed by atoms with Gasteiger partial charge in [-0.1, -0.05) is 40.9 Å². The number of carbonyl (C=O) groups is 1. The van der Waals surface area contributed by atoms with E-state index in [-0.39, 0.29) is 5.78 Å². The Morgan fingerprint density at radius 3 is 2.72 bits per heavy atom. The molecule has 0 aliphatic heterocycles. The minimum absolute atomic E-state index is 0.107. The van der Waals surface area contributed by atoms with Gasteiger partial charge in [0.2, 0.25) is 0 Å². The molecular weight excluding hydrogens is 314 g/mol. The van der Waals surface area contributed by atoms with Crippen LogP contribution in [0.4, 0.5) is 0 Å². The van der Waals surface area contributed by atoms with E-state index in [1.165, 1.54) is 12.8 Å². The maximum atomic E-state index is 12.0. The fourth-order valence-electron chi connectivity index (χ4n) is 1.68. The van der Waals surface area contributed by atoms with Crippen LogP contribution in [-0.4, -0.2) is 30.8 Å². The molecule has 0 N–H and O–H groups in total. The summed E-state index contributed by atoms with van der Waals surface area (Å²) >= 11 is 9.39. The molecule has 0 amide bonds. The molecule has 0 spiro atoms. The molecule has 1 rings (SSSR count). The Kier molecular flexibility index (Phi) is 6.90. The molecule has 1 aromatic rings. The van der Waals surface area contributed by atoms with Crippen LogP contribution in [0.15, 0.2) is 22.7 Å². The highest BCUT2D eigenvalue weighted by molar-refractivity contribution is 9.10. The summed E-state index contributed by atoms with van der Waals surface area (Å²) in [6.07, 6.45) is 2.86. The second-order valence-corrected chi connectivity index (χ2v) is 5.78. The predicted molar refractivity (Wildman–Crippen MR) is 80.5 cm³/mol. The lowest BCUT2D eigenvalue weighted by Gasteiger charge is -2.15. The van der Waals surface area contributed by atoms with Gasteiger partial charge in [0.1, 0.15) is 0 Å². The molecule has 0 aliphatic rings. The van der Waals surface area contributed by atoms with Gasteiger partial charge in [0, 0.05) is 23.0 Å². The number of hydrogen-bond donors (Lipinski definition) is 0. The van der Waals surface area contributed by atoms with Gasteiger partial charge in [0.25, 0.3) is 0 Å². The van der Waals surface area contributed by atoms with Gasteiger partial charge in [-0.3, -0.25) is 4.79 Å². The second-order valence-electron chi connectivity index (χ2n) is 4.45. The SMILES string of the molecule is CCCCN(C)CCC(=O)c1ccc(Br)cc1Cl. The summed E-state index contributed by atoms with van der Waals surface area (Å²) in [4.78, 5) is 14.2. The molecule has 0 radical (unpaired) electrons. The van der Waals surface area contributed by atoms with E-state index >= 15 is 0 Å². The first-order valence-corrected chi connectivity index (χ1v) is 7.38. The van der Waals surface area contributed by atoms with Crippen LogP contribution in [0.5, 0.6) is 0 Å². The van der Waals surface area contributed by atoms with Gasteiger partial charge in [-0.25, -0.2) is 0 Å². The monoisotopic (exact) mass is 331 g/mol. The Hall–Kier alpha value is -0.380. The minimum Gasteiger partial charge on any atom is -0.306 e. The average Bonchev–Trinajstić information content (AvgIpc) is 2.33. The number of unbranched alkanes of at least 4 members (excludes halogenated alkanes) is 1. The maximum Gasteiger partial charge on any atom is 0.165 e. The number of benzene rings is 1. The number of nitrogens with zero attached hydrogens (tertiary/aromatic N) is 1. The molecular formula is C14H19BrClNO. The first-order chi connectivity index (χ1) is 8.54. The number of hydrogen-bond acceptors (Lipinski definition) is 2. The van der Waals surface area contributed by atoms with Crippen molar-refractivity contribution >= 4 is 33.3 Å². The molecule has 0 heterocycles. The predicted octanol–water partition coefficient (Wildman–Crippen LogP) is 4.41. The second kappa shape index (κ2) is 7.93. The molecule has 0 bridgehead atoms. The van der Waals surface area contributed by atoms with E-state index in [1.54, 1.807) is 12.1 Å². The summed E-state index contributed by atoms with van der Waals surface area (Å²) in [5, 5.41) is 0.519. The zero-order valence-corrected chi connectivity index (χ0v) is 13.2. The van der Waals surface area contributed by atoms with Gasteiger partial charge in [-0.2, -0.15) is 0 Å². The van der Waals surface area contributed by atoms with E-state index in [0.717, 1.165) is 17.6 Å². The van der Waals surface area contributed by atoms with Crippen LogP contribution in [0.25, 0.3) is 0 Å².